The van der Waals surface area contributed by atoms with Gasteiger partial charge in [-0.3, -0.25) is 4.72 Å². The maximum absolute atomic E-state index is 12.7. The smallest absolute Gasteiger partial charge is 0.352 e. The molecule has 2 aromatic carbocycles. The standard InChI is InChI=1S/C19H18N2O6S2/c1-13-11-14(8-9-17(13)21-10-4-7-18(21)19(22)23)20-29(26,27)16-6-3-5-15(12-16)28(2,24)25/h3-12,20H,1-2H3,(H,22,23). The third-order valence-electron chi connectivity index (χ3n) is 4.22. The maximum Gasteiger partial charge on any atom is 0.352 e. The van der Waals surface area contributed by atoms with E-state index in [1.54, 1.807) is 31.3 Å². The molecule has 0 saturated heterocycles. The molecule has 3 aromatic rings. The molecule has 0 aliphatic rings. The summed E-state index contributed by atoms with van der Waals surface area (Å²) < 4.78 is 52.6. The monoisotopic (exact) mass is 434 g/mol. The Morgan fingerprint density at radius 2 is 1.66 bits per heavy atom. The predicted molar refractivity (Wildman–Crippen MR) is 108 cm³/mol. The van der Waals surface area contributed by atoms with Crippen LogP contribution in [-0.4, -0.2) is 38.7 Å². The van der Waals surface area contributed by atoms with E-state index in [-0.39, 0.29) is 21.2 Å². The number of carboxylic acids is 1. The second-order valence-electron chi connectivity index (χ2n) is 6.42. The van der Waals surface area contributed by atoms with Crippen molar-refractivity contribution >= 4 is 31.5 Å². The molecule has 152 valence electrons. The number of nitrogens with zero attached hydrogens (tertiary/aromatic N) is 1. The molecule has 0 bridgehead atoms. The molecule has 0 unspecified atom stereocenters. The molecule has 0 radical (unpaired) electrons. The number of rotatable bonds is 6. The Kier molecular flexibility index (Phi) is 5.24. The first-order chi connectivity index (χ1) is 13.5. The van der Waals surface area contributed by atoms with Crippen molar-refractivity contribution in [2.45, 2.75) is 16.7 Å². The van der Waals surface area contributed by atoms with Crippen LogP contribution in [0.5, 0.6) is 0 Å². The van der Waals surface area contributed by atoms with Crippen LogP contribution in [0, 0.1) is 6.92 Å². The van der Waals surface area contributed by atoms with Crippen molar-refractivity contribution in [3.63, 3.8) is 0 Å². The molecule has 3 rings (SSSR count). The van der Waals surface area contributed by atoms with Gasteiger partial charge in [-0.05, 0) is 61.0 Å². The number of aryl methyl sites for hydroxylation is 1. The molecule has 29 heavy (non-hydrogen) atoms. The molecule has 8 nitrogen and oxygen atoms in total. The highest BCUT2D eigenvalue weighted by atomic mass is 32.2. The van der Waals surface area contributed by atoms with Gasteiger partial charge in [0.25, 0.3) is 10.0 Å². The minimum atomic E-state index is -4.02. The summed E-state index contributed by atoms with van der Waals surface area (Å²) in [6.45, 7) is 1.73. The highest BCUT2D eigenvalue weighted by Gasteiger charge is 2.18. The van der Waals surface area contributed by atoms with Gasteiger partial charge in [-0.1, -0.05) is 6.07 Å². The first-order valence-corrected chi connectivity index (χ1v) is 11.7. The van der Waals surface area contributed by atoms with Crippen LogP contribution in [-0.2, 0) is 19.9 Å². The third-order valence-corrected chi connectivity index (χ3v) is 6.71. The van der Waals surface area contributed by atoms with Crippen molar-refractivity contribution in [2.24, 2.45) is 0 Å². The number of sulfonamides is 1. The van der Waals surface area contributed by atoms with Crippen molar-refractivity contribution in [2.75, 3.05) is 11.0 Å². The van der Waals surface area contributed by atoms with Crippen LogP contribution < -0.4 is 4.72 Å². The van der Waals surface area contributed by atoms with E-state index >= 15 is 0 Å². The molecule has 1 heterocycles. The van der Waals surface area contributed by atoms with E-state index in [9.17, 15) is 26.7 Å². The molecule has 0 aliphatic heterocycles. The van der Waals surface area contributed by atoms with Gasteiger partial charge in [0.2, 0.25) is 0 Å². The topological polar surface area (TPSA) is 123 Å². The number of carboxylic acid groups (broad SMARTS) is 1. The quantitative estimate of drug-likeness (QED) is 0.615. The second-order valence-corrected chi connectivity index (χ2v) is 10.1. The first kappa shape index (κ1) is 20.6. The molecule has 0 atom stereocenters. The minimum Gasteiger partial charge on any atom is -0.477 e. The number of aromatic carboxylic acids is 1. The Morgan fingerprint density at radius 1 is 0.966 bits per heavy atom. The van der Waals surface area contributed by atoms with Crippen LogP contribution in [0.2, 0.25) is 0 Å². The lowest BCUT2D eigenvalue weighted by molar-refractivity contribution is 0.0688. The van der Waals surface area contributed by atoms with Crippen LogP contribution in [0.15, 0.2) is 70.6 Å². The number of carbonyl (C=O) groups is 1. The fourth-order valence-corrected chi connectivity index (χ4v) is 4.68. The third kappa shape index (κ3) is 4.33. The average molecular weight is 434 g/mol. The molecule has 10 heteroatoms. The summed E-state index contributed by atoms with van der Waals surface area (Å²) in [6, 6.07) is 12.8. The van der Waals surface area contributed by atoms with Crippen molar-refractivity contribution in [3.05, 3.63) is 72.1 Å². The first-order valence-electron chi connectivity index (χ1n) is 8.34. The maximum atomic E-state index is 12.7. The van der Waals surface area contributed by atoms with Crippen LogP contribution in [0.25, 0.3) is 5.69 Å². The van der Waals surface area contributed by atoms with Crippen molar-refractivity contribution in [1.29, 1.82) is 0 Å². The Balaban J connectivity index is 1.94. The SMILES string of the molecule is Cc1cc(NS(=O)(=O)c2cccc(S(C)(=O)=O)c2)ccc1-n1cccc1C(=O)O. The van der Waals surface area contributed by atoms with E-state index in [1.165, 1.54) is 34.9 Å². The highest BCUT2D eigenvalue weighted by molar-refractivity contribution is 7.93. The number of sulfone groups is 1. The number of anilines is 1. The summed E-state index contributed by atoms with van der Waals surface area (Å²) in [4.78, 5) is 11.0. The van der Waals surface area contributed by atoms with Gasteiger partial charge >= 0.3 is 5.97 Å². The normalized spacial score (nSPS) is 11.9. The van der Waals surface area contributed by atoms with Gasteiger partial charge in [-0.2, -0.15) is 0 Å². The van der Waals surface area contributed by atoms with Gasteiger partial charge in [0.15, 0.2) is 9.84 Å². The van der Waals surface area contributed by atoms with Gasteiger partial charge < -0.3 is 9.67 Å². The predicted octanol–water partition coefficient (Wildman–Crippen LogP) is 2.69. The Bertz CT molecular complexity index is 1310. The van der Waals surface area contributed by atoms with Crippen LogP contribution in [0.1, 0.15) is 16.1 Å². The van der Waals surface area contributed by atoms with Crippen molar-refractivity contribution in [3.8, 4) is 5.69 Å². The Hall–Kier alpha value is -3.11. The molecule has 0 amide bonds. The van der Waals surface area contributed by atoms with Gasteiger partial charge in [0, 0.05) is 23.8 Å². The van der Waals surface area contributed by atoms with Gasteiger partial charge in [-0.25, -0.2) is 21.6 Å². The Labute approximate surface area is 168 Å². The second kappa shape index (κ2) is 7.37. The number of hydrogen-bond donors (Lipinski definition) is 2. The van der Waals surface area contributed by atoms with Crippen LogP contribution >= 0.6 is 0 Å². The summed E-state index contributed by atoms with van der Waals surface area (Å²) in [5.74, 6) is -1.08. The number of benzene rings is 2. The lowest BCUT2D eigenvalue weighted by Gasteiger charge is -2.13. The molecule has 0 saturated carbocycles. The summed E-state index contributed by atoms with van der Waals surface area (Å²) in [6.07, 6.45) is 2.60. The van der Waals surface area contributed by atoms with Gasteiger partial charge in [-0.15, -0.1) is 0 Å². The lowest BCUT2D eigenvalue weighted by atomic mass is 10.1. The van der Waals surface area contributed by atoms with Crippen LogP contribution in [0.4, 0.5) is 5.69 Å². The highest BCUT2D eigenvalue weighted by Crippen LogP contribution is 2.24. The van der Waals surface area contributed by atoms with E-state index in [1.807, 2.05) is 0 Å². The molecule has 2 N–H and O–H groups in total. The lowest BCUT2D eigenvalue weighted by Crippen LogP contribution is -2.14. The average Bonchev–Trinajstić information content (AvgIpc) is 3.10. The van der Waals surface area contributed by atoms with Gasteiger partial charge in [0.05, 0.1) is 9.79 Å². The van der Waals surface area contributed by atoms with Crippen LogP contribution in [0.3, 0.4) is 0 Å². The van der Waals surface area contributed by atoms with E-state index < -0.39 is 25.8 Å². The zero-order chi connectivity index (χ0) is 21.4. The van der Waals surface area contributed by atoms with Crippen molar-refractivity contribution < 1.29 is 26.7 Å². The molecule has 0 fully saturated rings. The minimum absolute atomic E-state index is 0.0824. The van der Waals surface area contributed by atoms with E-state index in [2.05, 4.69) is 4.72 Å². The fraction of sp³-hybridized carbons (Fsp3) is 0.105. The molecule has 0 aliphatic carbocycles. The van der Waals surface area contributed by atoms with E-state index in [0.29, 0.717) is 11.3 Å². The molecule has 0 spiro atoms. The van der Waals surface area contributed by atoms with E-state index in [0.717, 1.165) is 12.3 Å². The van der Waals surface area contributed by atoms with Crippen molar-refractivity contribution in [1.82, 2.24) is 4.57 Å². The summed E-state index contributed by atoms with van der Waals surface area (Å²) in [5, 5.41) is 9.26. The number of hydrogen-bond acceptors (Lipinski definition) is 5. The fourth-order valence-electron chi connectivity index (χ4n) is 2.84. The number of nitrogens with one attached hydrogen (secondary N) is 1. The zero-order valence-electron chi connectivity index (χ0n) is 15.5. The summed E-state index contributed by atoms with van der Waals surface area (Å²) in [7, 11) is -7.57. The summed E-state index contributed by atoms with van der Waals surface area (Å²) in [5.41, 5.74) is 1.59. The summed E-state index contributed by atoms with van der Waals surface area (Å²) >= 11 is 0. The zero-order valence-corrected chi connectivity index (χ0v) is 17.2. The van der Waals surface area contributed by atoms with E-state index in [4.69, 9.17) is 0 Å². The molecular formula is C19H18N2O6S2. The number of aromatic nitrogens is 1. The Morgan fingerprint density at radius 3 is 2.28 bits per heavy atom. The molecule has 1 aromatic heterocycles. The van der Waals surface area contributed by atoms with Gasteiger partial charge in [0.1, 0.15) is 5.69 Å². The largest absolute Gasteiger partial charge is 0.477 e. The molecular weight excluding hydrogens is 416 g/mol.